The van der Waals surface area contributed by atoms with E-state index in [4.69, 9.17) is 80.8 Å². The Bertz CT molecular complexity index is 2310. The summed E-state index contributed by atoms with van der Waals surface area (Å²) in [6.07, 6.45) is -80.7. The summed E-state index contributed by atoms with van der Waals surface area (Å²) in [4.78, 5) is 18.3. The molecule has 0 aliphatic carbocycles. The first kappa shape index (κ1) is 77.3. The fourth-order valence-electron chi connectivity index (χ4n) is 11.7. The summed E-state index contributed by atoms with van der Waals surface area (Å²) in [5, 5.41) is 268. The number of rotatable bonds is 24. The van der Waals surface area contributed by atoms with Gasteiger partial charge in [-0.25, -0.2) is 4.57 Å². The van der Waals surface area contributed by atoms with E-state index >= 15 is 0 Å². The Labute approximate surface area is 523 Å². The Kier molecular flexibility index (Phi) is 27.3. The first-order valence-corrected chi connectivity index (χ1v) is 30.5. The molecule has 40 atom stereocenters. The minimum absolute atomic E-state index is 0.860. The standard InChI is InChI=1S/C48H83O44P/c49-1-9-17(57)18(58)26(66)41(77-9)85-34-10(2-50)78-42(27(67)19(34)59)86-35-11(3-51)79-43(28(68)20(35)60)87-36-12(4-52)80-44(29(69)21(36)61)88-37-13(5-53)81-45(30(70)22(37)62)89-38-14(6-54)82-46(31(71)23(38)63)90-39-15(7-55)83-47(32(72)24(39)64)91-40-16(8-56)84-48(33(73)25(40)65)92-93(74,75)76/h9-73H,1-8H2,(H2,74,75,76)/t9-,10-,11-,12-,13-,14-,15-,16-,17-,18+,19-,20-,21-,22-,23-,24-,25-,26-,27-,28-,29-,30-,31-,32-,33-,34-,35-,36-,37-,38-,39-,40-,41-,42-,43-,44-,45-,46-,47-,48-/m1/s1. The number of phosphoric acid groups is 1. The van der Waals surface area contributed by atoms with Gasteiger partial charge in [0.15, 0.2) is 50.3 Å². The average Bonchev–Trinajstić information content (AvgIpc) is 0.795. The fraction of sp³-hybridized carbons (Fsp3) is 1.00. The molecule has 0 unspecified atom stereocenters. The Morgan fingerprint density at radius 1 is 0.215 bits per heavy atom. The van der Waals surface area contributed by atoms with E-state index in [0.717, 1.165) is 0 Å². The molecule has 544 valence electrons. The summed E-state index contributed by atoms with van der Waals surface area (Å²) in [6, 6.07) is 0. The van der Waals surface area contributed by atoms with Gasteiger partial charge in [-0.05, 0) is 0 Å². The molecule has 0 aromatic heterocycles. The van der Waals surface area contributed by atoms with Crippen LogP contribution in [-0.2, 0) is 80.1 Å². The molecular formula is C48H83O44P. The van der Waals surface area contributed by atoms with E-state index in [9.17, 15) is 132 Å². The number of ether oxygens (including phenoxy) is 15. The molecule has 0 bridgehead atoms. The van der Waals surface area contributed by atoms with Crippen molar-refractivity contribution >= 4 is 7.82 Å². The van der Waals surface area contributed by atoms with Crippen molar-refractivity contribution in [3.05, 3.63) is 0 Å². The highest BCUT2D eigenvalue weighted by atomic mass is 31.2. The summed E-state index contributed by atoms with van der Waals surface area (Å²) < 4.78 is 99.1. The molecule has 0 aromatic rings. The van der Waals surface area contributed by atoms with Gasteiger partial charge in [0.1, 0.15) is 195 Å². The second kappa shape index (κ2) is 32.9. The molecule has 0 saturated carbocycles. The van der Waals surface area contributed by atoms with Gasteiger partial charge in [-0.1, -0.05) is 0 Å². The second-order valence-electron chi connectivity index (χ2n) is 22.9. The molecule has 8 fully saturated rings. The van der Waals surface area contributed by atoms with Crippen LogP contribution in [0.15, 0.2) is 0 Å². The lowest BCUT2D eigenvalue weighted by atomic mass is 9.95. The summed E-state index contributed by atoms with van der Waals surface area (Å²) in [6.45, 7) is -8.41. The van der Waals surface area contributed by atoms with Crippen LogP contribution in [0.2, 0.25) is 0 Å². The van der Waals surface area contributed by atoms with Crippen LogP contribution in [0.4, 0.5) is 0 Å². The van der Waals surface area contributed by atoms with Crippen molar-refractivity contribution in [1.82, 2.24) is 0 Å². The first-order chi connectivity index (χ1) is 43.9. The zero-order valence-corrected chi connectivity index (χ0v) is 49.1. The van der Waals surface area contributed by atoms with Crippen LogP contribution < -0.4 is 0 Å². The fourth-order valence-corrected chi connectivity index (χ4v) is 12.2. The smallest absolute Gasteiger partial charge is 0.394 e. The molecular weight excluding hydrogens is 1310 g/mol. The van der Waals surface area contributed by atoms with Crippen molar-refractivity contribution in [1.29, 1.82) is 0 Å². The van der Waals surface area contributed by atoms with Gasteiger partial charge in [-0.3, -0.25) is 4.52 Å². The minimum Gasteiger partial charge on any atom is -0.394 e. The van der Waals surface area contributed by atoms with Crippen molar-refractivity contribution in [2.75, 3.05) is 52.9 Å². The van der Waals surface area contributed by atoms with Gasteiger partial charge in [-0.15, -0.1) is 0 Å². The van der Waals surface area contributed by atoms with Crippen LogP contribution in [0.5, 0.6) is 0 Å². The quantitative estimate of drug-likeness (QED) is 0.0399. The maximum absolute atomic E-state index is 11.4. The molecule has 8 aliphatic heterocycles. The van der Waals surface area contributed by atoms with E-state index in [1.165, 1.54) is 0 Å². The summed E-state index contributed by atoms with van der Waals surface area (Å²) in [5.74, 6) is 0. The van der Waals surface area contributed by atoms with Gasteiger partial charge >= 0.3 is 7.82 Å². The highest BCUT2D eigenvalue weighted by Crippen LogP contribution is 2.43. The van der Waals surface area contributed by atoms with Gasteiger partial charge in [0.2, 0.25) is 0 Å². The van der Waals surface area contributed by atoms with Gasteiger partial charge in [0.25, 0.3) is 0 Å². The lowest BCUT2D eigenvalue weighted by molar-refractivity contribution is -0.399. The number of hydrogen-bond acceptors (Lipinski definition) is 42. The Morgan fingerprint density at radius 2 is 0.366 bits per heavy atom. The van der Waals surface area contributed by atoms with Crippen LogP contribution in [-0.4, -0.2) is 436 Å². The maximum atomic E-state index is 11.4. The normalized spacial score (nSPS) is 52.0. The van der Waals surface area contributed by atoms with E-state index in [-0.39, 0.29) is 0 Å². The van der Waals surface area contributed by atoms with E-state index in [2.05, 4.69) is 4.52 Å². The Hall–Kier alpha value is -1.49. The van der Waals surface area contributed by atoms with E-state index in [1.54, 1.807) is 0 Å². The van der Waals surface area contributed by atoms with Gasteiger partial charge < -0.3 is 209 Å². The second-order valence-corrected chi connectivity index (χ2v) is 24.1. The van der Waals surface area contributed by atoms with Gasteiger partial charge in [0, 0.05) is 0 Å². The summed E-state index contributed by atoms with van der Waals surface area (Å²) >= 11 is 0. The SMILES string of the molecule is O=P(O)(O)O[C@H]1O[C@H](CO)[C@@H](O[C@H]2O[C@H](CO)[C@@H](O[C@H]3O[C@H](CO)[C@@H](O[C@H]4O[C@H](CO)[C@@H](O[C@H]5O[C@H](CO)[C@@H](O[C@H]6O[C@H](CO)[C@@H](O[C@H]7O[C@H](CO)[C@@H](O[C@H]8O[C@H](CO)[C@@H](O)[C@H](O)[C@H]8O)[C@H](O)[C@H]7O)[C@H](O)[C@H]6O)[C@H](O)[C@H]5O)[C@H](O)[C@H]4O)[C@H](O)[C@H]3O)[C@H](O)[C@H]2O)[C@H](O)[C@H]1O. The van der Waals surface area contributed by atoms with E-state index < -0.39 is 306 Å². The predicted octanol–water partition coefficient (Wildman–Crippen LogP) is -18.3. The van der Waals surface area contributed by atoms with Crippen LogP contribution in [0.1, 0.15) is 0 Å². The number of hydrogen-bond donors (Lipinski definition) is 27. The van der Waals surface area contributed by atoms with E-state index in [1.807, 2.05) is 0 Å². The molecule has 8 heterocycles. The monoisotopic (exact) mass is 1390 g/mol. The topological polar surface area (TPSA) is 711 Å². The van der Waals surface area contributed by atoms with Crippen LogP contribution in [0.3, 0.4) is 0 Å². The largest absolute Gasteiger partial charge is 0.472 e. The van der Waals surface area contributed by atoms with Crippen LogP contribution >= 0.6 is 7.82 Å². The number of aliphatic hydroxyl groups is 25. The van der Waals surface area contributed by atoms with E-state index in [0.29, 0.717) is 0 Å². The molecule has 93 heavy (non-hydrogen) atoms. The zero-order valence-electron chi connectivity index (χ0n) is 48.2. The lowest BCUT2D eigenvalue weighted by Gasteiger charge is -2.50. The third-order valence-electron chi connectivity index (χ3n) is 16.9. The van der Waals surface area contributed by atoms with Crippen molar-refractivity contribution in [3.8, 4) is 0 Å². The maximum Gasteiger partial charge on any atom is 0.472 e. The highest BCUT2D eigenvalue weighted by molar-refractivity contribution is 7.46. The molecule has 0 spiro atoms. The lowest BCUT2D eigenvalue weighted by Crippen LogP contribution is -2.68. The first-order valence-electron chi connectivity index (χ1n) is 28.9. The molecule has 0 aromatic carbocycles. The molecule has 8 saturated heterocycles. The molecule has 27 N–H and O–H groups in total. The number of phosphoric ester groups is 1. The van der Waals surface area contributed by atoms with Crippen molar-refractivity contribution in [2.45, 2.75) is 246 Å². The molecule has 44 nitrogen and oxygen atoms in total. The van der Waals surface area contributed by atoms with Crippen molar-refractivity contribution in [2.24, 2.45) is 0 Å². The summed E-state index contributed by atoms with van der Waals surface area (Å²) in [7, 11) is -5.34. The Morgan fingerprint density at radius 3 is 0.538 bits per heavy atom. The minimum atomic E-state index is -5.34. The molecule has 8 aliphatic rings. The zero-order chi connectivity index (χ0) is 68.6. The third-order valence-corrected chi connectivity index (χ3v) is 17.4. The van der Waals surface area contributed by atoms with Crippen molar-refractivity contribution in [3.63, 3.8) is 0 Å². The summed E-state index contributed by atoms with van der Waals surface area (Å²) in [5.41, 5.74) is 0. The van der Waals surface area contributed by atoms with Crippen molar-refractivity contribution < 1.29 is 218 Å². The van der Waals surface area contributed by atoms with Gasteiger partial charge in [0.05, 0.1) is 52.9 Å². The van der Waals surface area contributed by atoms with Gasteiger partial charge in [-0.2, -0.15) is 0 Å². The average molecular weight is 1400 g/mol. The Balaban J connectivity index is 0.847. The third kappa shape index (κ3) is 16.5. The molecule has 0 radical (unpaired) electrons. The molecule has 45 heteroatoms. The van der Waals surface area contributed by atoms with Crippen LogP contribution in [0.25, 0.3) is 0 Å². The van der Waals surface area contributed by atoms with Crippen LogP contribution in [0, 0.1) is 0 Å². The highest BCUT2D eigenvalue weighted by Gasteiger charge is 2.60. The molecule has 8 rings (SSSR count). The molecule has 0 amide bonds. The number of aliphatic hydroxyl groups excluding tert-OH is 25. The predicted molar refractivity (Wildman–Crippen MR) is 275 cm³/mol.